The first-order chi connectivity index (χ1) is 14.5. The Balaban J connectivity index is 1.77. The van der Waals surface area contributed by atoms with Crippen molar-refractivity contribution in [1.82, 2.24) is 10.3 Å². The lowest BCUT2D eigenvalue weighted by Gasteiger charge is -2.37. The van der Waals surface area contributed by atoms with Crippen LogP contribution in [0, 0.1) is 0 Å². The van der Waals surface area contributed by atoms with E-state index in [1.54, 1.807) is 30.6 Å². The molecule has 2 heterocycles. The van der Waals surface area contributed by atoms with Gasteiger partial charge in [0, 0.05) is 40.5 Å². The van der Waals surface area contributed by atoms with Crippen molar-refractivity contribution in [2.45, 2.75) is 11.8 Å². The van der Waals surface area contributed by atoms with Gasteiger partial charge in [0.1, 0.15) is 5.75 Å². The molecule has 6 nitrogen and oxygen atoms in total. The van der Waals surface area contributed by atoms with Crippen LogP contribution < -0.4 is 15.4 Å². The monoisotopic (exact) mass is 421 g/mol. The highest BCUT2D eigenvalue weighted by molar-refractivity contribution is 6.30. The van der Waals surface area contributed by atoms with Crippen LogP contribution in [0.25, 0.3) is 10.8 Å². The number of rotatable bonds is 5. The van der Waals surface area contributed by atoms with Crippen LogP contribution in [0.1, 0.15) is 12.0 Å². The zero-order chi connectivity index (χ0) is 21.1. The molecule has 3 aromatic rings. The van der Waals surface area contributed by atoms with E-state index < -0.39 is 5.41 Å². The van der Waals surface area contributed by atoms with Crippen LogP contribution in [0.3, 0.4) is 0 Å². The van der Waals surface area contributed by atoms with Crippen molar-refractivity contribution < 1.29 is 14.3 Å². The second-order valence-electron chi connectivity index (χ2n) is 7.11. The Morgan fingerprint density at radius 2 is 2.07 bits per heavy atom. The quantitative estimate of drug-likeness (QED) is 0.613. The summed E-state index contributed by atoms with van der Waals surface area (Å²) >= 11 is 6.24. The summed E-state index contributed by atoms with van der Waals surface area (Å²) in [4.78, 5) is 29.8. The number of pyridine rings is 1. The molecule has 0 fully saturated rings. The number of nitrogens with zero attached hydrogens (tertiary/aromatic N) is 1. The summed E-state index contributed by atoms with van der Waals surface area (Å²) in [6.07, 6.45) is 4.92. The van der Waals surface area contributed by atoms with E-state index in [9.17, 15) is 9.59 Å². The molecule has 0 saturated heterocycles. The van der Waals surface area contributed by atoms with Gasteiger partial charge in [0.2, 0.25) is 11.8 Å². The van der Waals surface area contributed by atoms with Crippen molar-refractivity contribution >= 4 is 39.9 Å². The Hall–Kier alpha value is -3.38. The lowest BCUT2D eigenvalue weighted by molar-refractivity contribution is -0.123. The molecular formula is C23H20ClN3O3. The SMILES string of the molecule is C=CC(=O)NC[C@@]1(C(=O)Nc2cncc3ccccc23)CCOc2ccc(Cl)cc21. The zero-order valence-corrected chi connectivity index (χ0v) is 16.9. The van der Waals surface area contributed by atoms with E-state index in [0.29, 0.717) is 35.1 Å². The van der Waals surface area contributed by atoms with Gasteiger partial charge in [-0.1, -0.05) is 42.4 Å². The highest BCUT2D eigenvalue weighted by Gasteiger charge is 2.45. The van der Waals surface area contributed by atoms with Gasteiger partial charge in [-0.05, 0) is 24.3 Å². The van der Waals surface area contributed by atoms with E-state index in [1.165, 1.54) is 6.08 Å². The van der Waals surface area contributed by atoms with Crippen LogP contribution in [0.2, 0.25) is 5.02 Å². The van der Waals surface area contributed by atoms with Crippen LogP contribution >= 0.6 is 11.6 Å². The Bertz CT molecular complexity index is 1140. The molecule has 30 heavy (non-hydrogen) atoms. The van der Waals surface area contributed by atoms with Gasteiger partial charge in [0.25, 0.3) is 0 Å². The Labute approximate surface area is 178 Å². The smallest absolute Gasteiger partial charge is 0.243 e. The molecule has 1 aliphatic rings. The molecule has 1 aromatic heterocycles. The van der Waals surface area contributed by atoms with E-state index in [0.717, 1.165) is 10.8 Å². The molecule has 0 saturated carbocycles. The van der Waals surface area contributed by atoms with Gasteiger partial charge in [-0.15, -0.1) is 0 Å². The third-order valence-corrected chi connectivity index (χ3v) is 5.58. The number of nitrogens with one attached hydrogen (secondary N) is 2. The topological polar surface area (TPSA) is 80.3 Å². The van der Waals surface area contributed by atoms with Crippen molar-refractivity contribution in [3.8, 4) is 5.75 Å². The van der Waals surface area contributed by atoms with Crippen LogP contribution in [0.5, 0.6) is 5.75 Å². The van der Waals surface area contributed by atoms with Crippen LogP contribution in [-0.4, -0.2) is 29.9 Å². The second kappa shape index (κ2) is 8.16. The standard InChI is InChI=1S/C23H20ClN3O3/c1-2-21(28)26-14-23(9-10-30-20-8-7-16(24)11-18(20)23)22(29)27-19-13-25-12-15-5-3-4-6-17(15)19/h2-8,11-13H,1,9-10,14H2,(H,26,28)(H,27,29)/t23-/m0/s1. The van der Waals surface area contributed by atoms with Crippen molar-refractivity contribution in [2.24, 2.45) is 0 Å². The van der Waals surface area contributed by atoms with E-state index in [-0.39, 0.29) is 18.4 Å². The number of amides is 2. The van der Waals surface area contributed by atoms with Crippen molar-refractivity contribution in [1.29, 1.82) is 0 Å². The number of hydrogen-bond donors (Lipinski definition) is 2. The Morgan fingerprint density at radius 3 is 2.90 bits per heavy atom. The summed E-state index contributed by atoms with van der Waals surface area (Å²) in [6, 6.07) is 12.9. The number of halogens is 1. The number of hydrogen-bond acceptors (Lipinski definition) is 4. The van der Waals surface area contributed by atoms with Crippen molar-refractivity contribution in [3.05, 3.63) is 78.1 Å². The van der Waals surface area contributed by atoms with Gasteiger partial charge in [0.05, 0.1) is 23.9 Å². The number of fused-ring (bicyclic) bond motifs is 2. The number of carbonyl (C=O) groups excluding carboxylic acids is 2. The van der Waals surface area contributed by atoms with Crippen LogP contribution in [0.15, 0.2) is 67.5 Å². The zero-order valence-electron chi connectivity index (χ0n) is 16.2. The molecule has 1 aliphatic heterocycles. The van der Waals surface area contributed by atoms with Crippen LogP contribution in [-0.2, 0) is 15.0 Å². The number of aromatic nitrogens is 1. The molecule has 1 atom stereocenters. The molecule has 2 amide bonds. The maximum absolute atomic E-state index is 13.7. The Morgan fingerprint density at radius 1 is 1.23 bits per heavy atom. The number of ether oxygens (including phenoxy) is 1. The molecule has 152 valence electrons. The molecule has 4 rings (SSSR count). The largest absolute Gasteiger partial charge is 0.493 e. The predicted octanol–water partition coefficient (Wildman–Crippen LogP) is 3.85. The maximum atomic E-state index is 13.7. The van der Waals surface area contributed by atoms with Crippen LogP contribution in [0.4, 0.5) is 5.69 Å². The lowest BCUT2D eigenvalue weighted by atomic mass is 9.74. The summed E-state index contributed by atoms with van der Waals surface area (Å²) in [6.45, 7) is 3.90. The number of benzene rings is 2. The van der Waals surface area contributed by atoms with E-state index >= 15 is 0 Å². The van der Waals surface area contributed by atoms with Gasteiger partial charge >= 0.3 is 0 Å². The highest BCUT2D eigenvalue weighted by Crippen LogP contribution is 2.41. The minimum atomic E-state index is -1.06. The van der Waals surface area contributed by atoms with E-state index in [2.05, 4.69) is 22.2 Å². The minimum absolute atomic E-state index is 0.0819. The molecule has 7 heteroatoms. The number of anilines is 1. The summed E-state index contributed by atoms with van der Waals surface area (Å²) in [5, 5.41) is 8.08. The van der Waals surface area contributed by atoms with E-state index in [1.807, 2.05) is 24.3 Å². The molecule has 2 aromatic carbocycles. The van der Waals surface area contributed by atoms with E-state index in [4.69, 9.17) is 16.3 Å². The van der Waals surface area contributed by atoms with Gasteiger partial charge in [0.15, 0.2) is 0 Å². The van der Waals surface area contributed by atoms with Gasteiger partial charge in [-0.2, -0.15) is 0 Å². The summed E-state index contributed by atoms with van der Waals surface area (Å²) in [5.74, 6) is -0.0504. The van der Waals surface area contributed by atoms with Gasteiger partial charge in [-0.3, -0.25) is 14.6 Å². The third-order valence-electron chi connectivity index (χ3n) is 5.34. The first-order valence-electron chi connectivity index (χ1n) is 9.51. The molecule has 0 radical (unpaired) electrons. The fourth-order valence-corrected chi connectivity index (χ4v) is 3.91. The minimum Gasteiger partial charge on any atom is -0.493 e. The van der Waals surface area contributed by atoms with Crippen molar-refractivity contribution in [3.63, 3.8) is 0 Å². The summed E-state index contributed by atoms with van der Waals surface area (Å²) in [7, 11) is 0. The normalized spacial score (nSPS) is 17.5. The molecule has 0 unspecified atom stereocenters. The average Bonchev–Trinajstić information content (AvgIpc) is 2.77. The molecule has 0 bridgehead atoms. The first-order valence-corrected chi connectivity index (χ1v) is 9.88. The molecule has 2 N–H and O–H groups in total. The Kier molecular flexibility index (Phi) is 5.42. The predicted molar refractivity (Wildman–Crippen MR) is 117 cm³/mol. The summed E-state index contributed by atoms with van der Waals surface area (Å²) < 4.78 is 5.75. The highest BCUT2D eigenvalue weighted by atomic mass is 35.5. The fraction of sp³-hybridized carbons (Fsp3) is 0.174. The lowest BCUT2D eigenvalue weighted by Crippen LogP contribution is -2.51. The first kappa shape index (κ1) is 19.9. The average molecular weight is 422 g/mol. The maximum Gasteiger partial charge on any atom is 0.243 e. The molecule has 0 aliphatic carbocycles. The van der Waals surface area contributed by atoms with Gasteiger partial charge < -0.3 is 15.4 Å². The summed E-state index contributed by atoms with van der Waals surface area (Å²) in [5.41, 5.74) is 0.174. The third kappa shape index (κ3) is 3.62. The fourth-order valence-electron chi connectivity index (χ4n) is 3.74. The number of carbonyl (C=O) groups is 2. The second-order valence-corrected chi connectivity index (χ2v) is 7.54. The van der Waals surface area contributed by atoms with Gasteiger partial charge in [-0.25, -0.2) is 0 Å². The molecule has 0 spiro atoms. The molecular weight excluding hydrogens is 402 g/mol. The van der Waals surface area contributed by atoms with Crippen molar-refractivity contribution in [2.75, 3.05) is 18.5 Å².